The van der Waals surface area contributed by atoms with Crippen LogP contribution in [0.1, 0.15) is 22.3 Å². The molecule has 0 unspecified atom stereocenters. The Balaban J connectivity index is 1.13. The summed E-state index contributed by atoms with van der Waals surface area (Å²) in [5.41, 5.74) is 19.6. The van der Waals surface area contributed by atoms with Crippen molar-refractivity contribution in [2.45, 2.75) is 5.41 Å². The fourth-order valence-electron chi connectivity index (χ4n) is 9.13. The molecule has 1 aromatic heterocycles. The zero-order valence-corrected chi connectivity index (χ0v) is 30.0. The standard InChI is InChI=1S/C53H34N2/c1-3-14-35(15-4-1)37-26-30-39(31-27-37)49-34-50(55-52(54-49)40-32-28-38(29-33-40)36-16-5-2-6-17-36)44-21-13-25-48-51(44)43-20-9-12-24-47(43)53(48)45-22-10-7-18-41(45)42-19-8-11-23-46(42)53/h1-34H. The highest BCUT2D eigenvalue weighted by molar-refractivity contribution is 5.99. The van der Waals surface area contributed by atoms with Crippen molar-refractivity contribution in [1.82, 2.24) is 9.97 Å². The summed E-state index contributed by atoms with van der Waals surface area (Å²) in [5, 5.41) is 0. The normalized spacial score (nSPS) is 12.9. The Kier molecular flexibility index (Phi) is 7.11. The molecule has 256 valence electrons. The zero-order valence-electron chi connectivity index (χ0n) is 30.0. The van der Waals surface area contributed by atoms with Gasteiger partial charge in [0.15, 0.2) is 5.82 Å². The summed E-state index contributed by atoms with van der Waals surface area (Å²) >= 11 is 0. The lowest BCUT2D eigenvalue weighted by atomic mass is 9.70. The number of hydrogen-bond acceptors (Lipinski definition) is 2. The first kappa shape index (κ1) is 31.4. The van der Waals surface area contributed by atoms with E-state index in [9.17, 15) is 0 Å². The van der Waals surface area contributed by atoms with Gasteiger partial charge < -0.3 is 0 Å². The Morgan fingerprint density at radius 1 is 0.273 bits per heavy atom. The molecule has 0 amide bonds. The van der Waals surface area contributed by atoms with Gasteiger partial charge in [-0.1, -0.05) is 200 Å². The van der Waals surface area contributed by atoms with Gasteiger partial charge in [0.05, 0.1) is 16.8 Å². The Bertz CT molecular complexity index is 2740. The van der Waals surface area contributed by atoms with E-state index < -0.39 is 5.41 Å². The quantitative estimate of drug-likeness (QED) is 0.179. The molecule has 1 spiro atoms. The van der Waals surface area contributed by atoms with E-state index in [0.29, 0.717) is 5.82 Å². The number of benzene rings is 8. The first-order valence-corrected chi connectivity index (χ1v) is 18.9. The van der Waals surface area contributed by atoms with Gasteiger partial charge in [0.1, 0.15) is 0 Å². The van der Waals surface area contributed by atoms with E-state index in [0.717, 1.165) is 33.6 Å². The molecule has 0 aliphatic heterocycles. The van der Waals surface area contributed by atoms with Gasteiger partial charge in [-0.15, -0.1) is 0 Å². The maximum atomic E-state index is 5.41. The highest BCUT2D eigenvalue weighted by Gasteiger charge is 2.52. The van der Waals surface area contributed by atoms with E-state index in [4.69, 9.17) is 9.97 Å². The molecule has 8 aromatic carbocycles. The molecule has 0 atom stereocenters. The maximum absolute atomic E-state index is 5.41. The summed E-state index contributed by atoms with van der Waals surface area (Å²) < 4.78 is 0. The van der Waals surface area contributed by atoms with Crippen molar-refractivity contribution in [1.29, 1.82) is 0 Å². The van der Waals surface area contributed by atoms with Crippen LogP contribution in [-0.2, 0) is 5.41 Å². The van der Waals surface area contributed by atoms with Crippen LogP contribution in [0.2, 0.25) is 0 Å². The highest BCUT2D eigenvalue weighted by atomic mass is 14.9. The maximum Gasteiger partial charge on any atom is 0.160 e. The van der Waals surface area contributed by atoms with Crippen molar-refractivity contribution in [3.63, 3.8) is 0 Å². The van der Waals surface area contributed by atoms with Crippen LogP contribution >= 0.6 is 0 Å². The third kappa shape index (κ3) is 4.82. The number of hydrogen-bond donors (Lipinski definition) is 0. The van der Waals surface area contributed by atoms with Gasteiger partial charge in [-0.25, -0.2) is 9.97 Å². The predicted octanol–water partition coefficient (Wildman–Crippen LogP) is 13.2. The zero-order chi connectivity index (χ0) is 36.3. The summed E-state index contributed by atoms with van der Waals surface area (Å²) in [6.07, 6.45) is 0. The van der Waals surface area contributed by atoms with Crippen LogP contribution in [-0.4, -0.2) is 9.97 Å². The van der Waals surface area contributed by atoms with Crippen molar-refractivity contribution < 1.29 is 0 Å². The van der Waals surface area contributed by atoms with E-state index in [1.54, 1.807) is 0 Å². The molecular formula is C53H34N2. The summed E-state index contributed by atoms with van der Waals surface area (Å²) in [5.74, 6) is 0.703. The SMILES string of the molecule is c1ccc(-c2ccc(-c3cc(-c4cccc5c4-c4ccccc4C54c5ccccc5-c5ccccc54)nc(-c4ccc(-c5ccccc5)cc4)n3)cc2)cc1. The second-order valence-corrected chi connectivity index (χ2v) is 14.5. The molecule has 0 saturated carbocycles. The van der Waals surface area contributed by atoms with Crippen molar-refractivity contribution in [3.05, 3.63) is 229 Å². The Labute approximate surface area is 321 Å². The Morgan fingerprint density at radius 3 is 1.25 bits per heavy atom. The van der Waals surface area contributed by atoms with Crippen LogP contribution in [0.4, 0.5) is 0 Å². The minimum absolute atomic E-state index is 0.422. The smallest absolute Gasteiger partial charge is 0.160 e. The summed E-state index contributed by atoms with van der Waals surface area (Å²) in [7, 11) is 0. The van der Waals surface area contributed by atoms with E-state index in [1.807, 2.05) is 0 Å². The molecular weight excluding hydrogens is 665 g/mol. The molecule has 2 aliphatic carbocycles. The molecule has 0 fully saturated rings. The molecule has 55 heavy (non-hydrogen) atoms. The van der Waals surface area contributed by atoms with Crippen molar-refractivity contribution >= 4 is 0 Å². The third-order valence-electron chi connectivity index (χ3n) is 11.6. The molecule has 0 saturated heterocycles. The van der Waals surface area contributed by atoms with Gasteiger partial charge in [0.2, 0.25) is 0 Å². The lowest BCUT2D eigenvalue weighted by Gasteiger charge is -2.30. The fraction of sp³-hybridized carbons (Fsp3) is 0.0189. The van der Waals surface area contributed by atoms with Crippen LogP contribution in [0.25, 0.3) is 78.4 Å². The van der Waals surface area contributed by atoms with Crippen molar-refractivity contribution in [3.8, 4) is 78.4 Å². The number of rotatable bonds is 5. The number of nitrogens with zero attached hydrogens (tertiary/aromatic N) is 2. The fourth-order valence-corrected chi connectivity index (χ4v) is 9.13. The average molecular weight is 699 g/mol. The van der Waals surface area contributed by atoms with Crippen LogP contribution < -0.4 is 0 Å². The van der Waals surface area contributed by atoms with Gasteiger partial charge >= 0.3 is 0 Å². The predicted molar refractivity (Wildman–Crippen MR) is 226 cm³/mol. The van der Waals surface area contributed by atoms with Gasteiger partial charge in [0.25, 0.3) is 0 Å². The lowest BCUT2D eigenvalue weighted by molar-refractivity contribution is 0.794. The topological polar surface area (TPSA) is 25.8 Å². The van der Waals surface area contributed by atoms with Crippen LogP contribution in [0, 0.1) is 0 Å². The van der Waals surface area contributed by atoms with Crippen LogP contribution in [0.3, 0.4) is 0 Å². The van der Waals surface area contributed by atoms with Gasteiger partial charge in [0, 0.05) is 16.7 Å². The summed E-state index contributed by atoms with van der Waals surface area (Å²) in [6.45, 7) is 0. The monoisotopic (exact) mass is 698 g/mol. The molecule has 1 heterocycles. The molecule has 2 heteroatoms. The van der Waals surface area contributed by atoms with E-state index in [1.165, 1.54) is 61.2 Å². The van der Waals surface area contributed by atoms with Crippen molar-refractivity contribution in [2.24, 2.45) is 0 Å². The minimum atomic E-state index is -0.422. The van der Waals surface area contributed by atoms with E-state index in [2.05, 4.69) is 206 Å². The van der Waals surface area contributed by atoms with Crippen LogP contribution in [0.5, 0.6) is 0 Å². The van der Waals surface area contributed by atoms with Gasteiger partial charge in [-0.05, 0) is 72.8 Å². The lowest BCUT2D eigenvalue weighted by Crippen LogP contribution is -2.25. The Hall–Kier alpha value is -7.16. The molecule has 0 bridgehead atoms. The molecule has 2 nitrogen and oxygen atoms in total. The largest absolute Gasteiger partial charge is 0.228 e. The third-order valence-corrected chi connectivity index (χ3v) is 11.6. The second kappa shape index (κ2) is 12.5. The van der Waals surface area contributed by atoms with Gasteiger partial charge in [-0.2, -0.15) is 0 Å². The van der Waals surface area contributed by atoms with Crippen LogP contribution in [0.15, 0.2) is 206 Å². The minimum Gasteiger partial charge on any atom is -0.228 e. The van der Waals surface area contributed by atoms with E-state index in [-0.39, 0.29) is 0 Å². The molecule has 11 rings (SSSR count). The Morgan fingerprint density at radius 2 is 0.673 bits per heavy atom. The number of fused-ring (bicyclic) bond motifs is 10. The second-order valence-electron chi connectivity index (χ2n) is 14.5. The summed E-state index contributed by atoms with van der Waals surface area (Å²) in [4.78, 5) is 10.7. The molecule has 9 aromatic rings. The summed E-state index contributed by atoms with van der Waals surface area (Å²) in [6, 6.07) is 74.3. The van der Waals surface area contributed by atoms with Gasteiger partial charge in [-0.3, -0.25) is 0 Å². The molecule has 2 aliphatic rings. The first-order chi connectivity index (χ1) is 27.3. The van der Waals surface area contributed by atoms with Crippen molar-refractivity contribution in [2.75, 3.05) is 0 Å². The van der Waals surface area contributed by atoms with E-state index >= 15 is 0 Å². The number of aromatic nitrogens is 2. The molecule has 0 radical (unpaired) electrons. The average Bonchev–Trinajstić information content (AvgIpc) is 3.75. The highest BCUT2D eigenvalue weighted by Crippen LogP contribution is 2.63. The molecule has 0 N–H and O–H groups in total. The first-order valence-electron chi connectivity index (χ1n) is 18.9.